The second kappa shape index (κ2) is 7.80. The van der Waals surface area contributed by atoms with Crippen molar-refractivity contribution in [2.45, 2.75) is 26.8 Å². The monoisotopic (exact) mass is 332 g/mol. The van der Waals surface area contributed by atoms with E-state index in [1.54, 1.807) is 0 Å². The Morgan fingerprint density at radius 3 is 2.48 bits per heavy atom. The molecule has 1 fully saturated rings. The van der Waals surface area contributed by atoms with Crippen molar-refractivity contribution in [3.8, 4) is 0 Å². The molecular formula is C16H26Cl2N2O. The highest BCUT2D eigenvalue weighted by molar-refractivity contribution is 6.31. The maximum atomic E-state index is 9.81. The first-order valence-corrected chi connectivity index (χ1v) is 7.65. The minimum atomic E-state index is -0.183. The van der Waals surface area contributed by atoms with Crippen molar-refractivity contribution in [2.75, 3.05) is 32.8 Å². The van der Waals surface area contributed by atoms with Gasteiger partial charge in [-0.1, -0.05) is 37.6 Å². The number of aliphatic hydroxyl groups is 1. The number of aryl methyl sites for hydroxylation is 1. The van der Waals surface area contributed by atoms with Gasteiger partial charge in [0.25, 0.3) is 0 Å². The molecule has 1 heterocycles. The molecule has 3 nitrogen and oxygen atoms in total. The summed E-state index contributed by atoms with van der Waals surface area (Å²) in [5.41, 5.74) is 2.16. The lowest BCUT2D eigenvalue weighted by Gasteiger charge is -2.43. The summed E-state index contributed by atoms with van der Waals surface area (Å²) in [4.78, 5) is 2.47. The lowest BCUT2D eigenvalue weighted by atomic mass is 9.79. The fraction of sp³-hybridized carbons (Fsp3) is 0.625. The minimum Gasteiger partial charge on any atom is -0.396 e. The molecule has 0 unspecified atom stereocenters. The van der Waals surface area contributed by atoms with E-state index in [-0.39, 0.29) is 30.5 Å². The van der Waals surface area contributed by atoms with Gasteiger partial charge in [-0.2, -0.15) is 0 Å². The third-order valence-electron chi connectivity index (χ3n) is 4.16. The quantitative estimate of drug-likeness (QED) is 0.889. The highest BCUT2D eigenvalue weighted by Crippen LogP contribution is 2.39. The first-order valence-electron chi connectivity index (χ1n) is 7.27. The fourth-order valence-electron chi connectivity index (χ4n) is 3.02. The Labute approximate surface area is 139 Å². The molecule has 5 heteroatoms. The molecule has 0 radical (unpaired) electrons. The predicted octanol–water partition coefficient (Wildman–Crippen LogP) is 3.04. The normalized spacial score (nSPS) is 18.1. The maximum absolute atomic E-state index is 9.81. The van der Waals surface area contributed by atoms with Gasteiger partial charge in [0.05, 0.1) is 0 Å². The largest absolute Gasteiger partial charge is 0.396 e. The minimum absolute atomic E-state index is 0. The van der Waals surface area contributed by atoms with Gasteiger partial charge in [-0.15, -0.1) is 12.4 Å². The van der Waals surface area contributed by atoms with E-state index >= 15 is 0 Å². The Morgan fingerprint density at radius 1 is 1.33 bits per heavy atom. The molecule has 1 aromatic carbocycles. The van der Waals surface area contributed by atoms with Crippen molar-refractivity contribution in [3.05, 3.63) is 34.3 Å². The Balaban J connectivity index is 0.00000220. The van der Waals surface area contributed by atoms with Crippen LogP contribution in [0.2, 0.25) is 5.02 Å². The average Bonchev–Trinajstić information content (AvgIpc) is 2.44. The van der Waals surface area contributed by atoms with E-state index < -0.39 is 0 Å². The van der Waals surface area contributed by atoms with Crippen LogP contribution >= 0.6 is 24.0 Å². The van der Waals surface area contributed by atoms with Crippen molar-refractivity contribution in [2.24, 2.45) is 5.41 Å². The molecule has 0 amide bonds. The number of nitrogens with one attached hydrogen (secondary N) is 1. The molecule has 0 bridgehead atoms. The molecule has 21 heavy (non-hydrogen) atoms. The van der Waals surface area contributed by atoms with Crippen LogP contribution in [0.15, 0.2) is 18.2 Å². The Kier molecular flexibility index (Phi) is 6.95. The summed E-state index contributed by atoms with van der Waals surface area (Å²) in [5, 5.41) is 14.0. The summed E-state index contributed by atoms with van der Waals surface area (Å²) in [6.45, 7) is 10.5. The standard InChI is InChI=1S/C16H25ClN2O.ClH/c1-12-10-13(4-5-14(12)17)15(16(2,3)11-20)19-8-6-18-7-9-19;/h4-5,10,15,18,20H,6-9,11H2,1-3H3;1H/t15-;/m1./s1. The van der Waals surface area contributed by atoms with Crippen molar-refractivity contribution < 1.29 is 5.11 Å². The van der Waals surface area contributed by atoms with Crippen LogP contribution in [0.3, 0.4) is 0 Å². The van der Waals surface area contributed by atoms with Gasteiger partial charge in [0.15, 0.2) is 0 Å². The van der Waals surface area contributed by atoms with Gasteiger partial charge in [-0.25, -0.2) is 0 Å². The highest BCUT2D eigenvalue weighted by atomic mass is 35.5. The topological polar surface area (TPSA) is 35.5 Å². The van der Waals surface area contributed by atoms with Gasteiger partial charge >= 0.3 is 0 Å². The summed E-state index contributed by atoms with van der Waals surface area (Å²) in [6.07, 6.45) is 0. The number of hydrogen-bond donors (Lipinski definition) is 2. The van der Waals surface area contributed by atoms with Crippen molar-refractivity contribution in [1.82, 2.24) is 10.2 Å². The van der Waals surface area contributed by atoms with Gasteiger partial charge in [-0.3, -0.25) is 4.90 Å². The van der Waals surface area contributed by atoms with Gasteiger partial charge < -0.3 is 10.4 Å². The molecule has 0 spiro atoms. The third kappa shape index (κ3) is 4.33. The number of rotatable bonds is 4. The number of benzene rings is 1. The molecule has 0 saturated carbocycles. The smallest absolute Gasteiger partial charge is 0.0500 e. The van der Waals surface area contributed by atoms with Gasteiger partial charge in [0.1, 0.15) is 0 Å². The Morgan fingerprint density at radius 2 is 1.95 bits per heavy atom. The first-order chi connectivity index (χ1) is 9.45. The lowest BCUT2D eigenvalue weighted by Crippen LogP contribution is -2.49. The number of nitrogens with zero attached hydrogens (tertiary/aromatic N) is 1. The zero-order chi connectivity index (χ0) is 14.8. The summed E-state index contributed by atoms with van der Waals surface area (Å²) >= 11 is 6.15. The van der Waals surface area contributed by atoms with E-state index in [1.807, 2.05) is 13.0 Å². The zero-order valence-electron chi connectivity index (χ0n) is 13.0. The average molecular weight is 333 g/mol. The first kappa shape index (κ1) is 18.7. The van der Waals surface area contributed by atoms with Crippen LogP contribution in [0, 0.1) is 12.3 Å². The molecule has 1 atom stereocenters. The highest BCUT2D eigenvalue weighted by Gasteiger charge is 2.35. The number of aliphatic hydroxyl groups excluding tert-OH is 1. The second-order valence-corrected chi connectivity index (χ2v) is 6.75. The molecular weight excluding hydrogens is 307 g/mol. The molecule has 1 saturated heterocycles. The Hall–Kier alpha value is -0.320. The summed E-state index contributed by atoms with van der Waals surface area (Å²) in [6, 6.07) is 6.44. The van der Waals surface area contributed by atoms with Crippen LogP contribution in [-0.4, -0.2) is 42.8 Å². The van der Waals surface area contributed by atoms with E-state index in [0.29, 0.717) is 0 Å². The molecule has 2 N–H and O–H groups in total. The van der Waals surface area contributed by atoms with Crippen molar-refractivity contribution in [1.29, 1.82) is 0 Å². The third-order valence-corrected chi connectivity index (χ3v) is 4.59. The van der Waals surface area contributed by atoms with Gasteiger partial charge in [0, 0.05) is 49.3 Å². The molecule has 0 aliphatic carbocycles. The molecule has 1 aliphatic heterocycles. The SMILES string of the molecule is Cc1cc([C@@H](N2CCNCC2)C(C)(C)CO)ccc1Cl.Cl. The van der Waals surface area contributed by atoms with Crippen LogP contribution in [0.4, 0.5) is 0 Å². The van der Waals surface area contributed by atoms with E-state index in [2.05, 4.69) is 36.2 Å². The zero-order valence-corrected chi connectivity index (χ0v) is 14.6. The van der Waals surface area contributed by atoms with Crippen LogP contribution in [0.25, 0.3) is 0 Å². The van der Waals surface area contributed by atoms with Gasteiger partial charge in [0.2, 0.25) is 0 Å². The molecule has 1 aliphatic rings. The van der Waals surface area contributed by atoms with E-state index in [4.69, 9.17) is 11.6 Å². The van der Waals surface area contributed by atoms with Crippen molar-refractivity contribution >= 4 is 24.0 Å². The van der Waals surface area contributed by atoms with Gasteiger partial charge in [-0.05, 0) is 24.1 Å². The summed E-state index contributed by atoms with van der Waals surface area (Å²) in [7, 11) is 0. The van der Waals surface area contributed by atoms with Crippen LogP contribution < -0.4 is 5.32 Å². The second-order valence-electron chi connectivity index (χ2n) is 6.34. The fourth-order valence-corrected chi connectivity index (χ4v) is 3.14. The molecule has 2 rings (SSSR count). The van der Waals surface area contributed by atoms with Crippen LogP contribution in [0.5, 0.6) is 0 Å². The number of halogens is 2. The molecule has 0 aromatic heterocycles. The van der Waals surface area contributed by atoms with E-state index in [1.165, 1.54) is 5.56 Å². The molecule has 1 aromatic rings. The molecule has 120 valence electrons. The van der Waals surface area contributed by atoms with Crippen molar-refractivity contribution in [3.63, 3.8) is 0 Å². The number of hydrogen-bond acceptors (Lipinski definition) is 3. The summed E-state index contributed by atoms with van der Waals surface area (Å²) < 4.78 is 0. The summed E-state index contributed by atoms with van der Waals surface area (Å²) in [5.74, 6) is 0. The van der Waals surface area contributed by atoms with E-state index in [0.717, 1.165) is 36.8 Å². The number of piperazine rings is 1. The maximum Gasteiger partial charge on any atom is 0.0500 e. The Bertz CT molecular complexity index is 460. The lowest BCUT2D eigenvalue weighted by molar-refractivity contribution is 0.0305. The van der Waals surface area contributed by atoms with Crippen LogP contribution in [-0.2, 0) is 0 Å². The van der Waals surface area contributed by atoms with E-state index in [9.17, 15) is 5.11 Å². The predicted molar refractivity (Wildman–Crippen MR) is 91.5 cm³/mol. The van der Waals surface area contributed by atoms with Crippen LogP contribution in [0.1, 0.15) is 31.0 Å².